The van der Waals surface area contributed by atoms with Crippen LogP contribution in [0, 0.1) is 5.92 Å². The van der Waals surface area contributed by atoms with E-state index >= 15 is 0 Å². The highest BCUT2D eigenvalue weighted by Gasteiger charge is 2.39. The Labute approximate surface area is 120 Å². The molecule has 1 aliphatic rings. The van der Waals surface area contributed by atoms with Crippen LogP contribution in [0.15, 0.2) is 30.3 Å². The number of nitrogens with one attached hydrogen (secondary N) is 1. The Balaban J connectivity index is 2.35. The summed E-state index contributed by atoms with van der Waals surface area (Å²) >= 11 is 0. The molecule has 1 aromatic carbocycles. The van der Waals surface area contributed by atoms with E-state index in [1.54, 1.807) is 0 Å². The van der Waals surface area contributed by atoms with E-state index in [1.807, 2.05) is 49.1 Å². The lowest BCUT2D eigenvalue weighted by Crippen LogP contribution is -2.47. The summed E-state index contributed by atoms with van der Waals surface area (Å²) in [5.74, 6) is 0.0317. The molecule has 4 nitrogen and oxygen atoms in total. The first-order valence-corrected chi connectivity index (χ1v) is 7.31. The number of carbonyl (C=O) groups is 2. The Hall–Kier alpha value is -1.84. The van der Waals surface area contributed by atoms with Gasteiger partial charge in [0.15, 0.2) is 0 Å². The Morgan fingerprint density at radius 2 is 2.00 bits per heavy atom. The number of hydrogen-bond acceptors (Lipinski definition) is 2. The fourth-order valence-corrected chi connectivity index (χ4v) is 2.97. The Bertz CT molecular complexity index is 473. The normalized spacial score (nSPS) is 22.7. The van der Waals surface area contributed by atoms with Crippen molar-refractivity contribution < 1.29 is 9.59 Å². The van der Waals surface area contributed by atoms with Gasteiger partial charge in [-0.1, -0.05) is 30.3 Å². The molecule has 2 amide bonds. The van der Waals surface area contributed by atoms with Crippen molar-refractivity contribution in [3.8, 4) is 0 Å². The van der Waals surface area contributed by atoms with Gasteiger partial charge in [0.2, 0.25) is 11.8 Å². The van der Waals surface area contributed by atoms with E-state index in [9.17, 15) is 9.59 Å². The van der Waals surface area contributed by atoms with Crippen molar-refractivity contribution >= 4 is 11.8 Å². The summed E-state index contributed by atoms with van der Waals surface area (Å²) in [6.45, 7) is 5.14. The molecular weight excluding hydrogens is 252 g/mol. The van der Waals surface area contributed by atoms with Gasteiger partial charge in [0.1, 0.15) is 0 Å². The molecular formula is C16H22N2O2. The minimum absolute atomic E-state index is 0.0484. The molecule has 0 saturated carbocycles. The third-order valence-corrected chi connectivity index (χ3v) is 3.88. The number of hydrogen-bond donors (Lipinski definition) is 1. The van der Waals surface area contributed by atoms with Gasteiger partial charge in [-0.3, -0.25) is 9.59 Å². The zero-order valence-electron chi connectivity index (χ0n) is 12.1. The lowest BCUT2D eigenvalue weighted by atomic mass is 9.83. The maximum Gasteiger partial charge on any atom is 0.225 e. The summed E-state index contributed by atoms with van der Waals surface area (Å²) in [6, 6.07) is 9.71. The SMILES string of the molecule is CCNC(=O)[C@@H]1CCC(=O)N(CC)[C@H]1c1ccccc1. The number of carbonyl (C=O) groups excluding carboxylic acids is 2. The molecule has 2 atom stereocenters. The Morgan fingerprint density at radius 3 is 2.60 bits per heavy atom. The van der Waals surface area contributed by atoms with Gasteiger partial charge < -0.3 is 10.2 Å². The first kappa shape index (κ1) is 14.6. The maximum atomic E-state index is 12.3. The molecule has 0 aromatic heterocycles. The van der Waals surface area contributed by atoms with Crippen LogP contribution in [0.4, 0.5) is 0 Å². The molecule has 2 rings (SSSR count). The van der Waals surface area contributed by atoms with E-state index in [0.717, 1.165) is 5.56 Å². The minimum atomic E-state index is -0.157. The quantitative estimate of drug-likeness (QED) is 0.914. The Kier molecular flexibility index (Phi) is 4.77. The Morgan fingerprint density at radius 1 is 1.30 bits per heavy atom. The molecule has 1 fully saturated rings. The van der Waals surface area contributed by atoms with Crippen LogP contribution in [0.25, 0.3) is 0 Å². The zero-order valence-corrected chi connectivity index (χ0v) is 12.1. The van der Waals surface area contributed by atoms with Gasteiger partial charge >= 0.3 is 0 Å². The molecule has 0 bridgehead atoms. The van der Waals surface area contributed by atoms with Gasteiger partial charge in [-0.2, -0.15) is 0 Å². The number of rotatable bonds is 4. The predicted molar refractivity (Wildman–Crippen MR) is 78.0 cm³/mol. The maximum absolute atomic E-state index is 12.3. The fourth-order valence-electron chi connectivity index (χ4n) is 2.97. The number of likely N-dealkylation sites (tertiary alicyclic amines) is 1. The fraction of sp³-hybridized carbons (Fsp3) is 0.500. The molecule has 1 N–H and O–H groups in total. The second-order valence-electron chi connectivity index (χ2n) is 5.08. The molecule has 20 heavy (non-hydrogen) atoms. The minimum Gasteiger partial charge on any atom is -0.356 e. The molecule has 0 radical (unpaired) electrons. The summed E-state index contributed by atoms with van der Waals surface area (Å²) in [5.41, 5.74) is 1.04. The van der Waals surface area contributed by atoms with Crippen molar-refractivity contribution in [2.45, 2.75) is 32.7 Å². The van der Waals surface area contributed by atoms with Gasteiger partial charge in [0.25, 0.3) is 0 Å². The van der Waals surface area contributed by atoms with Crippen molar-refractivity contribution in [3.63, 3.8) is 0 Å². The number of piperidine rings is 1. The second kappa shape index (κ2) is 6.55. The first-order chi connectivity index (χ1) is 9.69. The predicted octanol–water partition coefficient (Wildman–Crippen LogP) is 2.12. The van der Waals surface area contributed by atoms with Gasteiger partial charge in [-0.25, -0.2) is 0 Å². The summed E-state index contributed by atoms with van der Waals surface area (Å²) in [4.78, 5) is 26.3. The smallest absolute Gasteiger partial charge is 0.225 e. The van der Waals surface area contributed by atoms with Crippen molar-refractivity contribution in [2.24, 2.45) is 5.92 Å². The van der Waals surface area contributed by atoms with E-state index in [-0.39, 0.29) is 23.8 Å². The monoisotopic (exact) mass is 274 g/mol. The molecule has 0 unspecified atom stereocenters. The summed E-state index contributed by atoms with van der Waals surface area (Å²) in [5, 5.41) is 2.90. The molecule has 1 aliphatic heterocycles. The molecule has 108 valence electrons. The first-order valence-electron chi connectivity index (χ1n) is 7.31. The number of nitrogens with zero attached hydrogens (tertiary/aromatic N) is 1. The summed E-state index contributed by atoms with van der Waals surface area (Å²) in [7, 11) is 0. The van der Waals surface area contributed by atoms with Crippen LogP contribution in [-0.2, 0) is 9.59 Å². The molecule has 0 aliphatic carbocycles. The van der Waals surface area contributed by atoms with Crippen LogP contribution < -0.4 is 5.32 Å². The van der Waals surface area contributed by atoms with Crippen LogP contribution in [0.2, 0.25) is 0 Å². The van der Waals surface area contributed by atoms with Gasteiger partial charge in [0, 0.05) is 19.5 Å². The lowest BCUT2D eigenvalue weighted by Gasteiger charge is -2.40. The van der Waals surface area contributed by atoms with Crippen LogP contribution in [-0.4, -0.2) is 29.8 Å². The van der Waals surface area contributed by atoms with E-state index in [1.165, 1.54) is 0 Å². The van der Waals surface area contributed by atoms with Crippen LogP contribution in [0.3, 0.4) is 0 Å². The highest BCUT2D eigenvalue weighted by molar-refractivity contribution is 5.85. The summed E-state index contributed by atoms with van der Waals surface area (Å²) < 4.78 is 0. The van der Waals surface area contributed by atoms with Gasteiger partial charge in [-0.05, 0) is 25.8 Å². The molecule has 4 heteroatoms. The molecule has 1 heterocycles. The van der Waals surface area contributed by atoms with E-state index < -0.39 is 0 Å². The number of amides is 2. The lowest BCUT2D eigenvalue weighted by molar-refractivity contribution is -0.143. The largest absolute Gasteiger partial charge is 0.356 e. The summed E-state index contributed by atoms with van der Waals surface area (Å²) in [6.07, 6.45) is 1.08. The van der Waals surface area contributed by atoms with E-state index in [0.29, 0.717) is 25.9 Å². The van der Waals surface area contributed by atoms with Crippen LogP contribution in [0.5, 0.6) is 0 Å². The van der Waals surface area contributed by atoms with Crippen LogP contribution in [0.1, 0.15) is 38.3 Å². The molecule has 0 spiro atoms. The third-order valence-electron chi connectivity index (χ3n) is 3.88. The molecule has 1 saturated heterocycles. The van der Waals surface area contributed by atoms with Crippen molar-refractivity contribution in [2.75, 3.05) is 13.1 Å². The van der Waals surface area contributed by atoms with E-state index in [4.69, 9.17) is 0 Å². The average molecular weight is 274 g/mol. The van der Waals surface area contributed by atoms with E-state index in [2.05, 4.69) is 5.32 Å². The zero-order chi connectivity index (χ0) is 14.5. The van der Waals surface area contributed by atoms with Crippen molar-refractivity contribution in [3.05, 3.63) is 35.9 Å². The average Bonchev–Trinajstić information content (AvgIpc) is 2.48. The topological polar surface area (TPSA) is 49.4 Å². The van der Waals surface area contributed by atoms with Crippen molar-refractivity contribution in [1.82, 2.24) is 10.2 Å². The van der Waals surface area contributed by atoms with Crippen LogP contribution >= 0.6 is 0 Å². The standard InChI is InChI=1S/C16H22N2O2/c1-3-17-16(20)13-10-11-14(19)18(4-2)15(13)12-8-6-5-7-9-12/h5-9,13,15H,3-4,10-11H2,1-2H3,(H,17,20)/t13-,15+/m1/s1. The molecule has 1 aromatic rings. The second-order valence-corrected chi connectivity index (χ2v) is 5.08. The third kappa shape index (κ3) is 2.84. The van der Waals surface area contributed by atoms with Gasteiger partial charge in [-0.15, -0.1) is 0 Å². The van der Waals surface area contributed by atoms with Crippen molar-refractivity contribution in [1.29, 1.82) is 0 Å². The highest BCUT2D eigenvalue weighted by Crippen LogP contribution is 2.36. The highest BCUT2D eigenvalue weighted by atomic mass is 16.2. The number of benzene rings is 1. The van der Waals surface area contributed by atoms with Gasteiger partial charge in [0.05, 0.1) is 12.0 Å².